The van der Waals surface area contributed by atoms with E-state index in [2.05, 4.69) is 38.9 Å². The second-order valence-corrected chi connectivity index (χ2v) is 10.6. The maximum atomic E-state index is 14.0. The second-order valence-electron chi connectivity index (χ2n) is 10.6. The van der Waals surface area contributed by atoms with E-state index in [0.29, 0.717) is 6.04 Å². The Bertz CT molecular complexity index is 1510. The quantitative estimate of drug-likeness (QED) is 0.331. The van der Waals surface area contributed by atoms with Gasteiger partial charge in [0.15, 0.2) is 5.65 Å². The SMILES string of the molecule is Cc1cc(-n2cnc3cccnc32)ccc1CC(=O)Nc1ccc(CN2CCN(C(C)C)CC2)c(C(F)(F)F)c1. The van der Waals surface area contributed by atoms with Gasteiger partial charge in [-0.1, -0.05) is 12.1 Å². The highest BCUT2D eigenvalue weighted by Gasteiger charge is 2.34. The van der Waals surface area contributed by atoms with Crippen LogP contribution in [-0.2, 0) is 23.9 Å². The van der Waals surface area contributed by atoms with Crippen molar-refractivity contribution in [2.45, 2.75) is 46.0 Å². The van der Waals surface area contributed by atoms with Gasteiger partial charge in [-0.05, 0) is 73.9 Å². The van der Waals surface area contributed by atoms with Crippen LogP contribution in [-0.4, -0.2) is 62.5 Å². The molecule has 3 heterocycles. The Balaban J connectivity index is 1.26. The molecule has 2 aromatic heterocycles. The number of hydrogen-bond donors (Lipinski definition) is 1. The van der Waals surface area contributed by atoms with Gasteiger partial charge in [0.1, 0.15) is 11.8 Å². The number of hydrogen-bond acceptors (Lipinski definition) is 5. The molecule has 4 aromatic rings. The number of carbonyl (C=O) groups is 1. The van der Waals surface area contributed by atoms with E-state index in [1.807, 2.05) is 41.8 Å². The lowest BCUT2D eigenvalue weighted by atomic mass is 10.0. The summed E-state index contributed by atoms with van der Waals surface area (Å²) in [4.78, 5) is 26.0. The predicted molar refractivity (Wildman–Crippen MR) is 149 cm³/mol. The van der Waals surface area contributed by atoms with Gasteiger partial charge in [0.05, 0.1) is 12.0 Å². The van der Waals surface area contributed by atoms with E-state index in [-0.39, 0.29) is 30.1 Å². The molecule has 10 heteroatoms. The third-order valence-electron chi connectivity index (χ3n) is 7.49. The summed E-state index contributed by atoms with van der Waals surface area (Å²) in [5.41, 5.74) is 3.68. The molecular formula is C30H33F3N6O. The third kappa shape index (κ3) is 6.18. The summed E-state index contributed by atoms with van der Waals surface area (Å²) < 4.78 is 43.8. The largest absolute Gasteiger partial charge is 0.416 e. The molecule has 210 valence electrons. The number of piperazine rings is 1. The van der Waals surface area contributed by atoms with Crippen LogP contribution in [0.1, 0.15) is 36.1 Å². The molecule has 0 unspecified atom stereocenters. The lowest BCUT2D eigenvalue weighted by Crippen LogP contribution is -2.48. The van der Waals surface area contributed by atoms with Crippen molar-refractivity contribution in [2.24, 2.45) is 0 Å². The molecule has 2 aromatic carbocycles. The average Bonchev–Trinajstić information content (AvgIpc) is 3.35. The standard InChI is InChI=1S/C30H33F3N6O/c1-20(2)38-13-11-37(12-14-38)18-23-6-8-24(17-26(23)30(31,32)33)36-28(40)16-22-7-9-25(15-21(22)3)39-19-35-27-5-4-10-34-29(27)39/h4-10,15,17,19-20H,11-14,16,18H2,1-3H3,(H,36,40). The Labute approximate surface area is 231 Å². The Morgan fingerprint density at radius 1 is 1.00 bits per heavy atom. The first-order valence-electron chi connectivity index (χ1n) is 13.4. The number of aryl methyl sites for hydroxylation is 1. The molecule has 1 aliphatic heterocycles. The lowest BCUT2D eigenvalue weighted by Gasteiger charge is -2.37. The molecule has 1 N–H and O–H groups in total. The molecule has 0 spiro atoms. The average molecular weight is 551 g/mol. The Morgan fingerprint density at radius 2 is 1.75 bits per heavy atom. The maximum Gasteiger partial charge on any atom is 0.416 e. The van der Waals surface area contributed by atoms with Crippen LogP contribution in [0.3, 0.4) is 0 Å². The zero-order valence-corrected chi connectivity index (χ0v) is 22.9. The van der Waals surface area contributed by atoms with Crippen molar-refractivity contribution >= 4 is 22.8 Å². The van der Waals surface area contributed by atoms with E-state index < -0.39 is 11.7 Å². The van der Waals surface area contributed by atoms with E-state index in [1.54, 1.807) is 18.6 Å². The number of pyridine rings is 1. The minimum absolute atomic E-state index is 0.0400. The van der Waals surface area contributed by atoms with Crippen molar-refractivity contribution in [1.29, 1.82) is 0 Å². The van der Waals surface area contributed by atoms with Crippen LogP contribution in [0.5, 0.6) is 0 Å². The monoisotopic (exact) mass is 550 g/mol. The van der Waals surface area contributed by atoms with E-state index in [0.717, 1.165) is 60.2 Å². The van der Waals surface area contributed by atoms with Gasteiger partial charge in [-0.25, -0.2) is 9.97 Å². The van der Waals surface area contributed by atoms with Gasteiger partial charge in [0.2, 0.25) is 5.91 Å². The molecule has 1 aliphatic rings. The number of nitrogens with one attached hydrogen (secondary N) is 1. The number of anilines is 1. The normalized spacial score (nSPS) is 15.2. The number of alkyl halides is 3. The topological polar surface area (TPSA) is 66.3 Å². The van der Waals surface area contributed by atoms with E-state index in [1.165, 1.54) is 6.07 Å². The van der Waals surface area contributed by atoms with Crippen LogP contribution >= 0.6 is 0 Å². The Hall–Kier alpha value is -3.76. The summed E-state index contributed by atoms with van der Waals surface area (Å²) in [7, 11) is 0. The smallest absolute Gasteiger partial charge is 0.326 e. The van der Waals surface area contributed by atoms with E-state index in [9.17, 15) is 18.0 Å². The summed E-state index contributed by atoms with van der Waals surface area (Å²) in [5, 5.41) is 2.66. The van der Waals surface area contributed by atoms with Crippen molar-refractivity contribution < 1.29 is 18.0 Å². The van der Waals surface area contributed by atoms with Crippen molar-refractivity contribution in [3.05, 3.63) is 83.3 Å². The first kappa shape index (κ1) is 27.8. The summed E-state index contributed by atoms with van der Waals surface area (Å²) in [6, 6.07) is 13.9. The summed E-state index contributed by atoms with van der Waals surface area (Å²) >= 11 is 0. The number of benzene rings is 2. The maximum absolute atomic E-state index is 14.0. The van der Waals surface area contributed by atoms with Crippen LogP contribution in [0.25, 0.3) is 16.9 Å². The molecule has 0 atom stereocenters. The zero-order chi connectivity index (χ0) is 28.4. The molecule has 1 saturated heterocycles. The number of halogens is 3. The fourth-order valence-electron chi connectivity index (χ4n) is 5.18. The summed E-state index contributed by atoms with van der Waals surface area (Å²) in [6.45, 7) is 9.49. The fraction of sp³-hybridized carbons (Fsp3) is 0.367. The van der Waals surface area contributed by atoms with Gasteiger partial charge in [-0.15, -0.1) is 0 Å². The van der Waals surface area contributed by atoms with E-state index in [4.69, 9.17) is 0 Å². The van der Waals surface area contributed by atoms with Crippen LogP contribution in [0.2, 0.25) is 0 Å². The second kappa shape index (κ2) is 11.4. The van der Waals surface area contributed by atoms with Crippen LogP contribution in [0, 0.1) is 6.92 Å². The van der Waals surface area contributed by atoms with Crippen LogP contribution in [0.15, 0.2) is 61.1 Å². The number of fused-ring (bicyclic) bond motifs is 1. The number of aromatic nitrogens is 3. The zero-order valence-electron chi connectivity index (χ0n) is 22.9. The van der Waals surface area contributed by atoms with Crippen molar-refractivity contribution in [3.63, 3.8) is 0 Å². The highest BCUT2D eigenvalue weighted by molar-refractivity contribution is 5.92. The van der Waals surface area contributed by atoms with Gasteiger partial charge < -0.3 is 5.32 Å². The van der Waals surface area contributed by atoms with Gasteiger partial charge in [-0.2, -0.15) is 13.2 Å². The molecule has 0 radical (unpaired) electrons. The van der Waals surface area contributed by atoms with Crippen molar-refractivity contribution in [3.8, 4) is 5.69 Å². The molecule has 0 bridgehead atoms. The number of amides is 1. The third-order valence-corrected chi connectivity index (χ3v) is 7.49. The molecule has 0 saturated carbocycles. The molecule has 1 amide bonds. The molecule has 40 heavy (non-hydrogen) atoms. The van der Waals surface area contributed by atoms with Gasteiger partial charge in [0, 0.05) is 56.3 Å². The lowest BCUT2D eigenvalue weighted by molar-refractivity contribution is -0.138. The molecular weight excluding hydrogens is 517 g/mol. The van der Waals surface area contributed by atoms with E-state index >= 15 is 0 Å². The summed E-state index contributed by atoms with van der Waals surface area (Å²) in [5.74, 6) is -0.378. The number of imidazole rings is 1. The highest BCUT2D eigenvalue weighted by Crippen LogP contribution is 2.35. The first-order valence-corrected chi connectivity index (χ1v) is 13.4. The fourth-order valence-corrected chi connectivity index (χ4v) is 5.18. The minimum Gasteiger partial charge on any atom is -0.326 e. The van der Waals surface area contributed by atoms with Crippen LogP contribution in [0.4, 0.5) is 18.9 Å². The van der Waals surface area contributed by atoms with Crippen molar-refractivity contribution in [1.82, 2.24) is 24.3 Å². The molecule has 7 nitrogen and oxygen atoms in total. The minimum atomic E-state index is -4.52. The summed E-state index contributed by atoms with van der Waals surface area (Å²) in [6.07, 6.45) is -1.07. The molecule has 1 fully saturated rings. The number of carbonyl (C=O) groups excluding carboxylic acids is 1. The Kier molecular flexibility index (Phi) is 7.91. The predicted octanol–water partition coefficient (Wildman–Crippen LogP) is 5.45. The highest BCUT2D eigenvalue weighted by atomic mass is 19.4. The van der Waals surface area contributed by atoms with Gasteiger partial charge >= 0.3 is 6.18 Å². The van der Waals surface area contributed by atoms with Crippen molar-refractivity contribution in [2.75, 3.05) is 31.5 Å². The molecule has 5 rings (SSSR count). The number of rotatable bonds is 7. The van der Waals surface area contributed by atoms with Crippen LogP contribution < -0.4 is 5.32 Å². The Morgan fingerprint density at radius 3 is 2.45 bits per heavy atom. The van der Waals surface area contributed by atoms with Gasteiger partial charge in [-0.3, -0.25) is 19.2 Å². The number of nitrogens with zero attached hydrogens (tertiary/aromatic N) is 5. The van der Waals surface area contributed by atoms with Gasteiger partial charge in [0.25, 0.3) is 0 Å². The molecule has 0 aliphatic carbocycles. The first-order chi connectivity index (χ1) is 19.1.